The molecule has 0 aromatic rings. The smallest absolute Gasteiger partial charge is 0.0727 e. The number of carboxylic acid groups (broad SMARTS) is 1. The van der Waals surface area contributed by atoms with Gasteiger partial charge in [0.2, 0.25) is 0 Å². The summed E-state index contributed by atoms with van der Waals surface area (Å²) in [4.78, 5) is 13.5. The predicted octanol–water partition coefficient (Wildman–Crippen LogP) is 8.91. The Morgan fingerprint density at radius 2 is 0.735 bits per heavy atom. The maximum atomic E-state index is 13.5. The molecular formula is C32H51O2-. The van der Waals surface area contributed by atoms with Crippen LogP contribution in [0.1, 0.15) is 154 Å². The van der Waals surface area contributed by atoms with E-state index in [0.29, 0.717) is 0 Å². The third-order valence-corrected chi connectivity index (χ3v) is 8.62. The van der Waals surface area contributed by atoms with E-state index in [1.54, 1.807) is 0 Å². The third-order valence-electron chi connectivity index (χ3n) is 8.62. The molecule has 192 valence electrons. The Balaban J connectivity index is 2.10. The molecule has 0 aromatic heterocycles. The summed E-state index contributed by atoms with van der Waals surface area (Å²) in [6, 6.07) is 0. The molecule has 2 heteroatoms. The highest BCUT2D eigenvalue weighted by Crippen LogP contribution is 2.49. The third kappa shape index (κ3) is 7.85. The van der Waals surface area contributed by atoms with E-state index in [0.717, 1.165) is 57.8 Å². The Labute approximate surface area is 210 Å². The summed E-state index contributed by atoms with van der Waals surface area (Å²) in [5, 5.41) is 13.5. The van der Waals surface area contributed by atoms with E-state index in [9.17, 15) is 9.90 Å². The van der Waals surface area contributed by atoms with Crippen molar-refractivity contribution in [3.63, 3.8) is 0 Å². The highest BCUT2D eigenvalue weighted by atomic mass is 16.4. The molecule has 0 aliphatic heterocycles. The average molecular weight is 468 g/mol. The highest BCUT2D eigenvalue weighted by molar-refractivity contribution is 5.85. The van der Waals surface area contributed by atoms with Gasteiger partial charge < -0.3 is 9.90 Å². The topological polar surface area (TPSA) is 40.1 Å². The Morgan fingerprint density at radius 1 is 0.471 bits per heavy atom. The summed E-state index contributed by atoms with van der Waals surface area (Å²) in [7, 11) is 0. The van der Waals surface area contributed by atoms with Crippen molar-refractivity contribution in [2.45, 2.75) is 154 Å². The second kappa shape index (κ2) is 15.6. The van der Waals surface area contributed by atoms with E-state index in [-0.39, 0.29) is 0 Å². The van der Waals surface area contributed by atoms with Gasteiger partial charge in [0, 0.05) is 0 Å². The van der Waals surface area contributed by atoms with Crippen LogP contribution in [0.3, 0.4) is 0 Å². The fourth-order valence-electron chi connectivity index (χ4n) is 6.67. The zero-order valence-corrected chi connectivity index (χ0v) is 22.0. The normalized spacial score (nSPS) is 28.2. The van der Waals surface area contributed by atoms with Gasteiger partial charge in [0.25, 0.3) is 0 Å². The molecule has 0 unspecified atom stereocenters. The first-order valence-electron chi connectivity index (χ1n) is 15.1. The Morgan fingerprint density at radius 3 is 1.03 bits per heavy atom. The number of hydrogen-bond acceptors (Lipinski definition) is 2. The zero-order valence-electron chi connectivity index (χ0n) is 22.0. The predicted molar refractivity (Wildman–Crippen MR) is 142 cm³/mol. The lowest BCUT2D eigenvalue weighted by molar-refractivity contribution is -0.313. The van der Waals surface area contributed by atoms with Gasteiger partial charge in [-0.05, 0) is 77.0 Å². The van der Waals surface area contributed by atoms with Gasteiger partial charge in [-0.25, -0.2) is 0 Å². The lowest BCUT2D eigenvalue weighted by Gasteiger charge is -2.43. The summed E-state index contributed by atoms with van der Waals surface area (Å²) < 4.78 is 0. The molecule has 34 heavy (non-hydrogen) atoms. The molecule has 0 N–H and O–H groups in total. The van der Waals surface area contributed by atoms with Gasteiger partial charge in [-0.1, -0.05) is 112 Å². The quantitative estimate of drug-likeness (QED) is 0.387. The fraction of sp³-hybridized carbons (Fsp3) is 0.781. The number of carboxylic acids is 1. The summed E-state index contributed by atoms with van der Waals surface area (Å²) in [6.45, 7) is 0. The van der Waals surface area contributed by atoms with E-state index in [1.807, 2.05) is 0 Å². The summed E-state index contributed by atoms with van der Waals surface area (Å²) in [5.41, 5.74) is 2.56. The van der Waals surface area contributed by atoms with Crippen molar-refractivity contribution in [1.29, 1.82) is 0 Å². The van der Waals surface area contributed by atoms with Crippen LogP contribution in [0, 0.1) is 5.41 Å². The molecule has 0 fully saturated rings. The number of allylic oxidation sites excluding steroid dienone is 3. The number of carbonyl (C=O) groups is 1. The minimum Gasteiger partial charge on any atom is -0.548 e. The van der Waals surface area contributed by atoms with Crippen molar-refractivity contribution in [1.82, 2.24) is 0 Å². The van der Waals surface area contributed by atoms with Gasteiger partial charge in [-0.3, -0.25) is 0 Å². The van der Waals surface area contributed by atoms with Crippen molar-refractivity contribution in [2.24, 2.45) is 5.41 Å². The zero-order chi connectivity index (χ0) is 23.9. The van der Waals surface area contributed by atoms with Crippen molar-refractivity contribution in [3.05, 3.63) is 34.9 Å². The largest absolute Gasteiger partial charge is 0.548 e. The SMILES string of the molecule is O=C([O-])C(/C1=C/CCCCCCCC1)(/C1=C/CCCCCCCC1)/C1=C/CCCCCCCC1. The number of hydrogen-bond donors (Lipinski definition) is 0. The molecule has 0 saturated heterocycles. The molecule has 0 saturated carbocycles. The molecule has 3 aliphatic carbocycles. The van der Waals surface area contributed by atoms with Crippen LogP contribution in [0.4, 0.5) is 0 Å². The van der Waals surface area contributed by atoms with E-state index < -0.39 is 11.4 Å². The van der Waals surface area contributed by atoms with Crippen LogP contribution < -0.4 is 5.11 Å². The van der Waals surface area contributed by atoms with Crippen LogP contribution in [-0.4, -0.2) is 5.97 Å². The summed E-state index contributed by atoms with van der Waals surface area (Å²) in [5.74, 6) is -0.831. The van der Waals surface area contributed by atoms with Crippen molar-refractivity contribution in [2.75, 3.05) is 0 Å². The van der Waals surface area contributed by atoms with Crippen molar-refractivity contribution in [3.8, 4) is 0 Å². The van der Waals surface area contributed by atoms with Crippen LogP contribution in [0.15, 0.2) is 34.9 Å². The highest BCUT2D eigenvalue weighted by Gasteiger charge is 2.42. The second-order valence-electron chi connectivity index (χ2n) is 11.2. The molecule has 0 radical (unpaired) electrons. The monoisotopic (exact) mass is 467 g/mol. The molecule has 3 rings (SSSR count). The van der Waals surface area contributed by atoms with E-state index in [1.165, 1.54) is 113 Å². The maximum Gasteiger partial charge on any atom is 0.0727 e. The van der Waals surface area contributed by atoms with Gasteiger partial charge in [0.1, 0.15) is 0 Å². The van der Waals surface area contributed by atoms with Crippen LogP contribution >= 0.6 is 0 Å². The molecule has 0 atom stereocenters. The van der Waals surface area contributed by atoms with E-state index in [4.69, 9.17) is 0 Å². The molecule has 3 aliphatic rings. The lowest BCUT2D eigenvalue weighted by atomic mass is 9.63. The van der Waals surface area contributed by atoms with Gasteiger partial charge in [-0.15, -0.1) is 0 Å². The molecule has 0 heterocycles. The molecule has 0 aromatic carbocycles. The first-order chi connectivity index (χ1) is 16.8. The summed E-state index contributed by atoms with van der Waals surface area (Å²) in [6.07, 6.45) is 35.1. The van der Waals surface area contributed by atoms with E-state index in [2.05, 4.69) is 18.2 Å². The Hall–Kier alpha value is -1.31. The Kier molecular flexibility index (Phi) is 12.5. The maximum absolute atomic E-state index is 13.5. The van der Waals surface area contributed by atoms with Gasteiger partial charge in [0.15, 0.2) is 0 Å². The van der Waals surface area contributed by atoms with Crippen LogP contribution in [0.25, 0.3) is 0 Å². The molecule has 0 bridgehead atoms. The summed E-state index contributed by atoms with van der Waals surface area (Å²) >= 11 is 0. The standard InChI is InChI=1S/C32H52O2/c33-31(34)32(28-22-16-10-4-1-5-11-17-23-28,29-24-18-12-6-2-7-13-19-25-29)30-26-20-14-8-3-9-15-21-27-30/h22,24,26H,1-21,23,25,27H2,(H,33,34)/p-1/b28-22+,29-24+,30-26+. The van der Waals surface area contributed by atoms with Gasteiger partial charge >= 0.3 is 0 Å². The average Bonchev–Trinajstić information content (AvgIpc) is 2.86. The lowest BCUT2D eigenvalue weighted by Crippen LogP contribution is -2.47. The Bertz CT molecular complexity index is 612. The second-order valence-corrected chi connectivity index (χ2v) is 11.2. The van der Waals surface area contributed by atoms with Gasteiger partial charge in [0.05, 0.1) is 11.4 Å². The number of carbonyl (C=O) groups excluding carboxylic acids is 1. The minimum absolute atomic E-state index is 0.831. The number of aliphatic carboxylic acids is 1. The molecular weight excluding hydrogens is 416 g/mol. The van der Waals surface area contributed by atoms with Crippen LogP contribution in [0.5, 0.6) is 0 Å². The van der Waals surface area contributed by atoms with Crippen molar-refractivity contribution < 1.29 is 9.90 Å². The van der Waals surface area contributed by atoms with Crippen LogP contribution in [0.2, 0.25) is 0 Å². The first kappa shape index (κ1) is 27.3. The van der Waals surface area contributed by atoms with Gasteiger partial charge in [-0.2, -0.15) is 0 Å². The van der Waals surface area contributed by atoms with Crippen LogP contribution in [-0.2, 0) is 4.79 Å². The fourth-order valence-corrected chi connectivity index (χ4v) is 6.67. The molecule has 2 nitrogen and oxygen atoms in total. The molecule has 0 spiro atoms. The van der Waals surface area contributed by atoms with E-state index >= 15 is 0 Å². The van der Waals surface area contributed by atoms with Crippen molar-refractivity contribution >= 4 is 5.97 Å². The molecule has 0 amide bonds. The minimum atomic E-state index is -0.989. The first-order valence-corrected chi connectivity index (χ1v) is 15.1. The number of rotatable bonds is 4.